The molecule has 0 aromatic carbocycles. The quantitative estimate of drug-likeness (QED) is 0.438. The molecule has 1 rings (SSSR count). The molecule has 0 bridgehead atoms. The third-order valence-corrected chi connectivity index (χ3v) is 4.23. The zero-order chi connectivity index (χ0) is 11.7. The van der Waals surface area contributed by atoms with Crippen molar-refractivity contribution in [2.75, 3.05) is 18.5 Å². The maximum absolute atomic E-state index is 11.8. The Morgan fingerprint density at radius 1 is 1.53 bits per heavy atom. The molecule has 88 valence electrons. The summed E-state index contributed by atoms with van der Waals surface area (Å²) < 4.78 is 5.12. The highest BCUT2D eigenvalue weighted by Crippen LogP contribution is 2.43. The molecule has 0 amide bonds. The van der Waals surface area contributed by atoms with Crippen molar-refractivity contribution in [3.05, 3.63) is 0 Å². The highest BCUT2D eigenvalue weighted by atomic mass is 79.9. The van der Waals surface area contributed by atoms with E-state index < -0.39 is 5.54 Å². The Kier molecular flexibility index (Phi) is 3.82. The molecule has 0 aromatic rings. The van der Waals surface area contributed by atoms with E-state index in [9.17, 15) is 4.79 Å². The van der Waals surface area contributed by atoms with Crippen LogP contribution in [0.4, 0.5) is 0 Å². The lowest BCUT2D eigenvalue weighted by Crippen LogP contribution is -2.41. The second kappa shape index (κ2) is 4.42. The van der Waals surface area contributed by atoms with E-state index in [1.54, 1.807) is 0 Å². The normalized spacial score (nSPS) is 30.1. The number of carbonyl (C=O) groups excluding carboxylic acids is 1. The molecular formula is C11H20BrNO2. The van der Waals surface area contributed by atoms with Crippen LogP contribution < -0.4 is 0 Å². The van der Waals surface area contributed by atoms with Gasteiger partial charge in [0, 0.05) is 17.4 Å². The second-order valence-corrected chi connectivity index (χ2v) is 5.20. The van der Waals surface area contributed by atoms with E-state index >= 15 is 0 Å². The van der Waals surface area contributed by atoms with Crippen molar-refractivity contribution in [1.82, 2.24) is 4.90 Å². The molecule has 1 aliphatic rings. The zero-order valence-electron chi connectivity index (χ0n) is 9.97. The number of rotatable bonds is 5. The van der Waals surface area contributed by atoms with Crippen LogP contribution in [0.25, 0.3) is 0 Å². The van der Waals surface area contributed by atoms with Crippen LogP contribution in [0.2, 0.25) is 0 Å². The minimum absolute atomic E-state index is 0.0700. The zero-order valence-corrected chi connectivity index (χ0v) is 11.6. The molecule has 1 unspecified atom stereocenters. The van der Waals surface area contributed by atoms with Gasteiger partial charge in [0.25, 0.3) is 0 Å². The molecule has 0 N–H and O–H groups in total. The van der Waals surface area contributed by atoms with Crippen molar-refractivity contribution >= 4 is 21.9 Å². The SMILES string of the molecule is CCOC(=O)[C@@]1(CBr)CN1C(C)(C)CC. The van der Waals surface area contributed by atoms with E-state index in [4.69, 9.17) is 4.74 Å². The van der Waals surface area contributed by atoms with Crippen LogP contribution in [-0.4, -0.2) is 40.4 Å². The molecule has 15 heavy (non-hydrogen) atoms. The maximum atomic E-state index is 11.8. The van der Waals surface area contributed by atoms with Crippen LogP contribution in [-0.2, 0) is 9.53 Å². The minimum Gasteiger partial charge on any atom is -0.465 e. The minimum atomic E-state index is -0.407. The number of halogens is 1. The summed E-state index contributed by atoms with van der Waals surface area (Å²) in [6.07, 6.45) is 1.03. The molecule has 3 nitrogen and oxygen atoms in total. The topological polar surface area (TPSA) is 29.3 Å². The van der Waals surface area contributed by atoms with Gasteiger partial charge in [-0.1, -0.05) is 22.9 Å². The van der Waals surface area contributed by atoms with Gasteiger partial charge in [0.1, 0.15) is 5.54 Å². The van der Waals surface area contributed by atoms with Gasteiger partial charge in [-0.25, -0.2) is 4.79 Å². The molecule has 0 radical (unpaired) electrons. The van der Waals surface area contributed by atoms with Crippen LogP contribution in [0.15, 0.2) is 0 Å². The fourth-order valence-corrected chi connectivity index (χ4v) is 2.53. The van der Waals surface area contributed by atoms with Crippen molar-refractivity contribution < 1.29 is 9.53 Å². The van der Waals surface area contributed by atoms with E-state index in [0.717, 1.165) is 13.0 Å². The van der Waals surface area contributed by atoms with Crippen LogP contribution in [0, 0.1) is 0 Å². The molecule has 0 aromatic heterocycles. The van der Waals surface area contributed by atoms with Crippen molar-refractivity contribution in [1.29, 1.82) is 0 Å². The lowest BCUT2D eigenvalue weighted by atomic mass is 10.0. The van der Waals surface area contributed by atoms with Gasteiger partial charge in [0.05, 0.1) is 6.61 Å². The van der Waals surface area contributed by atoms with Gasteiger partial charge in [0.2, 0.25) is 0 Å². The molecule has 2 atom stereocenters. The van der Waals surface area contributed by atoms with Crippen molar-refractivity contribution in [3.63, 3.8) is 0 Å². The summed E-state index contributed by atoms with van der Waals surface area (Å²) in [7, 11) is 0. The average Bonchev–Trinajstić information content (AvgIpc) is 2.95. The number of esters is 1. The third-order valence-electron chi connectivity index (χ3n) is 3.31. The Bertz CT molecular complexity index is 255. The van der Waals surface area contributed by atoms with Gasteiger partial charge in [-0.2, -0.15) is 0 Å². The summed E-state index contributed by atoms with van der Waals surface area (Å²) in [6.45, 7) is 9.57. The average molecular weight is 278 g/mol. The number of ether oxygens (including phenoxy) is 1. The molecule has 1 saturated heterocycles. The predicted molar refractivity (Wildman–Crippen MR) is 64.2 cm³/mol. The smallest absolute Gasteiger partial charge is 0.328 e. The van der Waals surface area contributed by atoms with Gasteiger partial charge < -0.3 is 4.74 Å². The van der Waals surface area contributed by atoms with Gasteiger partial charge in [0.15, 0.2) is 0 Å². The van der Waals surface area contributed by atoms with E-state index in [1.807, 2.05) is 6.92 Å². The van der Waals surface area contributed by atoms with Crippen molar-refractivity contribution in [2.24, 2.45) is 0 Å². The Labute approximate surface area is 100 Å². The van der Waals surface area contributed by atoms with E-state index in [-0.39, 0.29) is 11.5 Å². The van der Waals surface area contributed by atoms with Crippen LogP contribution in [0.1, 0.15) is 34.1 Å². The Balaban J connectivity index is 2.73. The maximum Gasteiger partial charge on any atom is 0.328 e. The molecule has 1 aliphatic heterocycles. The number of hydrogen-bond donors (Lipinski definition) is 0. The molecule has 1 heterocycles. The highest BCUT2D eigenvalue weighted by molar-refractivity contribution is 9.09. The molecule has 0 saturated carbocycles. The molecule has 1 fully saturated rings. The fourth-order valence-electron chi connectivity index (χ4n) is 1.82. The van der Waals surface area contributed by atoms with Crippen LogP contribution in [0.5, 0.6) is 0 Å². The Morgan fingerprint density at radius 2 is 2.13 bits per heavy atom. The van der Waals surface area contributed by atoms with Crippen LogP contribution >= 0.6 is 15.9 Å². The first-order chi connectivity index (χ1) is 6.94. The fraction of sp³-hybridized carbons (Fsp3) is 0.909. The summed E-state index contributed by atoms with van der Waals surface area (Å²) in [5.41, 5.74) is -0.337. The number of carbonyl (C=O) groups is 1. The highest BCUT2D eigenvalue weighted by Gasteiger charge is 2.63. The third kappa shape index (κ3) is 2.21. The molecule has 0 spiro atoms. The van der Waals surface area contributed by atoms with Gasteiger partial charge >= 0.3 is 5.97 Å². The Morgan fingerprint density at radius 3 is 2.53 bits per heavy atom. The Hall–Kier alpha value is -0.0900. The first-order valence-electron chi connectivity index (χ1n) is 5.45. The summed E-state index contributed by atoms with van der Waals surface area (Å²) in [6, 6.07) is 0. The number of nitrogens with zero attached hydrogens (tertiary/aromatic N) is 1. The molecular weight excluding hydrogens is 258 g/mol. The van der Waals surface area contributed by atoms with E-state index in [0.29, 0.717) is 11.9 Å². The summed E-state index contributed by atoms with van der Waals surface area (Å²) in [5, 5.41) is 0.655. The number of hydrogen-bond acceptors (Lipinski definition) is 3. The monoisotopic (exact) mass is 277 g/mol. The second-order valence-electron chi connectivity index (χ2n) is 4.64. The number of alkyl halides is 1. The molecule has 4 heteroatoms. The summed E-state index contributed by atoms with van der Waals surface area (Å²) >= 11 is 3.42. The summed E-state index contributed by atoms with van der Waals surface area (Å²) in [4.78, 5) is 14.1. The van der Waals surface area contributed by atoms with E-state index in [2.05, 4.69) is 41.6 Å². The van der Waals surface area contributed by atoms with Gasteiger partial charge in [-0.05, 0) is 27.2 Å². The predicted octanol–water partition coefficient (Wildman–Crippen LogP) is 2.19. The lowest BCUT2D eigenvalue weighted by Gasteiger charge is -2.28. The largest absolute Gasteiger partial charge is 0.465 e. The first-order valence-corrected chi connectivity index (χ1v) is 6.57. The van der Waals surface area contributed by atoms with Crippen molar-refractivity contribution in [2.45, 2.75) is 45.2 Å². The van der Waals surface area contributed by atoms with Crippen molar-refractivity contribution in [3.8, 4) is 0 Å². The van der Waals surface area contributed by atoms with Gasteiger partial charge in [-0.15, -0.1) is 0 Å². The van der Waals surface area contributed by atoms with Gasteiger partial charge in [-0.3, -0.25) is 4.90 Å². The van der Waals surface area contributed by atoms with E-state index in [1.165, 1.54) is 0 Å². The van der Waals surface area contributed by atoms with Crippen LogP contribution in [0.3, 0.4) is 0 Å². The lowest BCUT2D eigenvalue weighted by molar-refractivity contribution is -0.147. The first kappa shape index (κ1) is 13.0. The molecule has 0 aliphatic carbocycles. The summed E-state index contributed by atoms with van der Waals surface area (Å²) in [5.74, 6) is -0.0941. The standard InChI is InChI=1S/C11H20BrNO2/c1-5-10(3,4)13-8-11(13,7-12)9(14)15-6-2/h5-8H2,1-4H3/t11-,13?/m1/s1.